The summed E-state index contributed by atoms with van der Waals surface area (Å²) in [5.74, 6) is 0.739. The number of fused-ring (bicyclic) bond motifs is 1. The summed E-state index contributed by atoms with van der Waals surface area (Å²) in [4.78, 5) is 0. The predicted molar refractivity (Wildman–Crippen MR) is 59.4 cm³/mol. The summed E-state index contributed by atoms with van der Waals surface area (Å²) in [5, 5.41) is 12.2. The maximum absolute atomic E-state index is 8.66. The van der Waals surface area contributed by atoms with Gasteiger partial charge in [-0.15, -0.1) is 11.3 Å². The molecule has 2 aromatic rings. The Morgan fingerprint density at radius 3 is 3.07 bits per heavy atom. The summed E-state index contributed by atoms with van der Waals surface area (Å²) in [6.07, 6.45) is 0. The van der Waals surface area contributed by atoms with Gasteiger partial charge in [0.05, 0.1) is 17.0 Å². The van der Waals surface area contributed by atoms with E-state index in [4.69, 9.17) is 21.4 Å². The molecule has 1 heterocycles. The summed E-state index contributed by atoms with van der Waals surface area (Å²) < 4.78 is 6.48. The van der Waals surface area contributed by atoms with Crippen molar-refractivity contribution >= 4 is 33.0 Å². The minimum atomic E-state index is 0.0120. The lowest BCUT2D eigenvalue weighted by Crippen LogP contribution is -2.01. The number of ether oxygens (including phenoxy) is 1. The Bertz CT molecular complexity index is 439. The lowest BCUT2D eigenvalue weighted by Gasteiger charge is -2.05. The third-order valence-corrected chi connectivity index (χ3v) is 3.24. The molecule has 2 nitrogen and oxygen atoms in total. The molecule has 0 atom stereocenters. The molecule has 0 aliphatic heterocycles. The first-order valence-corrected chi connectivity index (χ1v) is 5.48. The van der Waals surface area contributed by atoms with E-state index in [-0.39, 0.29) is 6.61 Å². The van der Waals surface area contributed by atoms with Crippen LogP contribution in [-0.4, -0.2) is 18.3 Å². The van der Waals surface area contributed by atoms with E-state index < -0.39 is 0 Å². The normalized spacial score (nSPS) is 10.7. The topological polar surface area (TPSA) is 29.5 Å². The van der Waals surface area contributed by atoms with Crippen molar-refractivity contribution in [2.45, 2.75) is 0 Å². The predicted octanol–water partition coefficient (Wildman–Crippen LogP) is 2.93. The molecule has 1 aromatic carbocycles. The number of rotatable bonds is 3. The highest BCUT2D eigenvalue weighted by molar-refractivity contribution is 7.17. The molecule has 0 saturated heterocycles. The largest absolute Gasteiger partial charge is 0.490 e. The van der Waals surface area contributed by atoms with Crippen LogP contribution in [0.3, 0.4) is 0 Å². The lowest BCUT2D eigenvalue weighted by molar-refractivity contribution is 0.203. The Morgan fingerprint density at radius 1 is 1.43 bits per heavy atom. The molecule has 0 unspecified atom stereocenters. The molecule has 0 aliphatic carbocycles. The van der Waals surface area contributed by atoms with Crippen molar-refractivity contribution in [2.75, 3.05) is 13.2 Å². The average molecular weight is 229 g/mol. The lowest BCUT2D eigenvalue weighted by atomic mass is 10.2. The summed E-state index contributed by atoms with van der Waals surface area (Å²) in [7, 11) is 0. The zero-order valence-electron chi connectivity index (χ0n) is 7.37. The van der Waals surface area contributed by atoms with Crippen molar-refractivity contribution in [1.29, 1.82) is 0 Å². The maximum atomic E-state index is 8.66. The van der Waals surface area contributed by atoms with Crippen molar-refractivity contribution in [3.05, 3.63) is 28.6 Å². The average Bonchev–Trinajstić information content (AvgIpc) is 2.58. The highest BCUT2D eigenvalue weighted by Gasteiger charge is 2.07. The van der Waals surface area contributed by atoms with E-state index in [2.05, 4.69) is 0 Å². The summed E-state index contributed by atoms with van der Waals surface area (Å²) in [5.41, 5.74) is 0. The van der Waals surface area contributed by atoms with Gasteiger partial charge in [0.1, 0.15) is 12.4 Å². The fraction of sp³-hybridized carbons (Fsp3) is 0.200. The van der Waals surface area contributed by atoms with Crippen molar-refractivity contribution in [3.63, 3.8) is 0 Å². The van der Waals surface area contributed by atoms with E-state index in [0.717, 1.165) is 15.8 Å². The van der Waals surface area contributed by atoms with Crippen LogP contribution < -0.4 is 4.74 Å². The second-order valence-corrected chi connectivity index (χ2v) is 4.10. The Kier molecular flexibility index (Phi) is 2.91. The van der Waals surface area contributed by atoms with Gasteiger partial charge in [-0.3, -0.25) is 0 Å². The number of aliphatic hydroxyl groups excluding tert-OH is 1. The van der Waals surface area contributed by atoms with Gasteiger partial charge in [0.15, 0.2) is 0 Å². The van der Waals surface area contributed by atoms with Crippen LogP contribution in [0, 0.1) is 0 Å². The molecule has 74 valence electrons. The van der Waals surface area contributed by atoms with Crippen LogP contribution in [0.2, 0.25) is 5.02 Å². The first kappa shape index (κ1) is 9.77. The molecule has 0 spiro atoms. The molecular weight excluding hydrogens is 220 g/mol. The van der Waals surface area contributed by atoms with E-state index >= 15 is 0 Å². The number of thiophene rings is 1. The SMILES string of the molecule is OCCOc1cccc2scc(Cl)c12. The Labute approximate surface area is 90.7 Å². The number of hydrogen-bond donors (Lipinski definition) is 1. The third-order valence-electron chi connectivity index (χ3n) is 1.87. The van der Waals surface area contributed by atoms with Crippen molar-refractivity contribution in [2.24, 2.45) is 0 Å². The fourth-order valence-electron chi connectivity index (χ4n) is 1.29. The number of benzene rings is 1. The van der Waals surface area contributed by atoms with Crippen LogP contribution in [0.4, 0.5) is 0 Å². The number of hydrogen-bond acceptors (Lipinski definition) is 3. The minimum absolute atomic E-state index is 0.0120. The summed E-state index contributed by atoms with van der Waals surface area (Å²) >= 11 is 7.61. The minimum Gasteiger partial charge on any atom is -0.490 e. The first-order valence-electron chi connectivity index (χ1n) is 4.22. The zero-order chi connectivity index (χ0) is 9.97. The molecule has 1 N–H and O–H groups in total. The van der Waals surface area contributed by atoms with E-state index in [0.29, 0.717) is 11.6 Å². The quantitative estimate of drug-likeness (QED) is 0.876. The second kappa shape index (κ2) is 4.17. The molecule has 1 aromatic heterocycles. The maximum Gasteiger partial charge on any atom is 0.129 e. The van der Waals surface area contributed by atoms with Crippen LogP contribution in [0.1, 0.15) is 0 Å². The van der Waals surface area contributed by atoms with Gasteiger partial charge in [0, 0.05) is 10.1 Å². The molecule has 2 rings (SSSR count). The van der Waals surface area contributed by atoms with Gasteiger partial charge in [0.25, 0.3) is 0 Å². The van der Waals surface area contributed by atoms with Gasteiger partial charge in [-0.25, -0.2) is 0 Å². The van der Waals surface area contributed by atoms with Crippen LogP contribution >= 0.6 is 22.9 Å². The molecule has 0 radical (unpaired) electrons. The van der Waals surface area contributed by atoms with Gasteiger partial charge in [-0.2, -0.15) is 0 Å². The molecule has 14 heavy (non-hydrogen) atoms. The van der Waals surface area contributed by atoms with Crippen molar-refractivity contribution < 1.29 is 9.84 Å². The molecule has 0 saturated carbocycles. The Balaban J connectivity index is 2.46. The highest BCUT2D eigenvalue weighted by Crippen LogP contribution is 2.36. The molecule has 0 amide bonds. The Morgan fingerprint density at radius 2 is 2.29 bits per heavy atom. The standard InChI is InChI=1S/C10H9ClO2S/c11-7-6-14-9-3-1-2-8(10(7)9)13-5-4-12/h1-3,6,12H,4-5H2. The van der Waals surface area contributed by atoms with E-state index in [9.17, 15) is 0 Å². The van der Waals surface area contributed by atoms with E-state index in [1.807, 2.05) is 23.6 Å². The van der Waals surface area contributed by atoms with Gasteiger partial charge in [-0.1, -0.05) is 17.7 Å². The third kappa shape index (κ3) is 1.71. The van der Waals surface area contributed by atoms with Gasteiger partial charge >= 0.3 is 0 Å². The van der Waals surface area contributed by atoms with Crippen LogP contribution in [0.25, 0.3) is 10.1 Å². The van der Waals surface area contributed by atoms with Crippen LogP contribution in [-0.2, 0) is 0 Å². The molecule has 0 fully saturated rings. The first-order chi connectivity index (χ1) is 6.83. The van der Waals surface area contributed by atoms with Crippen molar-refractivity contribution in [3.8, 4) is 5.75 Å². The van der Waals surface area contributed by atoms with E-state index in [1.165, 1.54) is 0 Å². The molecule has 0 aliphatic rings. The zero-order valence-corrected chi connectivity index (χ0v) is 8.94. The van der Waals surface area contributed by atoms with Crippen LogP contribution in [0.15, 0.2) is 23.6 Å². The van der Waals surface area contributed by atoms with Gasteiger partial charge < -0.3 is 9.84 Å². The van der Waals surface area contributed by atoms with Crippen molar-refractivity contribution in [1.82, 2.24) is 0 Å². The van der Waals surface area contributed by atoms with Gasteiger partial charge in [-0.05, 0) is 12.1 Å². The summed E-state index contributed by atoms with van der Waals surface area (Å²) in [6, 6.07) is 5.77. The van der Waals surface area contributed by atoms with E-state index in [1.54, 1.807) is 11.3 Å². The molecule has 4 heteroatoms. The number of halogens is 1. The summed E-state index contributed by atoms with van der Waals surface area (Å²) in [6.45, 7) is 0.309. The smallest absolute Gasteiger partial charge is 0.129 e. The van der Waals surface area contributed by atoms with Gasteiger partial charge in [0.2, 0.25) is 0 Å². The fourth-order valence-corrected chi connectivity index (χ4v) is 2.51. The molecular formula is C10H9ClO2S. The number of aliphatic hydroxyl groups is 1. The van der Waals surface area contributed by atoms with Crippen LogP contribution in [0.5, 0.6) is 5.75 Å². The second-order valence-electron chi connectivity index (χ2n) is 2.78. The Hall–Kier alpha value is -0.770. The molecule has 0 bridgehead atoms. The highest BCUT2D eigenvalue weighted by atomic mass is 35.5. The monoisotopic (exact) mass is 228 g/mol.